The summed E-state index contributed by atoms with van der Waals surface area (Å²) in [4.78, 5) is 12.7. The molecule has 0 amide bonds. The average molecular weight is 337 g/mol. The smallest absolute Gasteiger partial charge is 0.144 e. The quantitative estimate of drug-likeness (QED) is 0.660. The predicted octanol–water partition coefficient (Wildman–Crippen LogP) is 5.55. The molecule has 0 aliphatic heterocycles. The number of furan rings is 1. The van der Waals surface area contributed by atoms with Crippen molar-refractivity contribution in [2.75, 3.05) is 0 Å². The Hall–Kier alpha value is -0.616. The normalized spacial score (nSPS) is 26.7. The molecule has 1 aliphatic carbocycles. The minimum Gasteiger partial charge on any atom is -0.466 e. The third-order valence-corrected chi connectivity index (χ3v) is 8.08. The minimum absolute atomic E-state index is 0.0155. The van der Waals surface area contributed by atoms with E-state index in [1.807, 2.05) is 19.1 Å². The monoisotopic (exact) mass is 336 g/mol. The Kier molecular flexibility index (Phi) is 4.93. The van der Waals surface area contributed by atoms with E-state index in [2.05, 4.69) is 39.3 Å². The fourth-order valence-corrected chi connectivity index (χ4v) is 8.04. The highest BCUT2D eigenvalue weighted by molar-refractivity contribution is 6.76. The van der Waals surface area contributed by atoms with Crippen molar-refractivity contribution in [2.24, 2.45) is 11.8 Å². The SMILES string of the molecule is Cc1ccc([C@H]2C(=O)C[C@H](C[Si](C)(C)C)[C@@H]2C[Si](C)(C)C)o1. The lowest BCUT2D eigenvalue weighted by Gasteiger charge is -2.31. The number of carbonyl (C=O) groups excluding carboxylic acids is 1. The third-order valence-electron chi connectivity index (χ3n) is 4.63. The van der Waals surface area contributed by atoms with Crippen LogP contribution >= 0.6 is 0 Å². The van der Waals surface area contributed by atoms with Gasteiger partial charge >= 0.3 is 0 Å². The number of rotatable bonds is 5. The van der Waals surface area contributed by atoms with Gasteiger partial charge in [-0.3, -0.25) is 4.79 Å². The molecule has 0 aromatic carbocycles. The largest absolute Gasteiger partial charge is 0.466 e. The Morgan fingerprint density at radius 1 is 1.05 bits per heavy atom. The van der Waals surface area contributed by atoms with Crippen molar-refractivity contribution >= 4 is 21.9 Å². The summed E-state index contributed by atoms with van der Waals surface area (Å²) in [6, 6.07) is 6.54. The number of hydrogen-bond donors (Lipinski definition) is 0. The molecular weight excluding hydrogens is 304 g/mol. The van der Waals surface area contributed by atoms with Crippen molar-refractivity contribution in [3.8, 4) is 0 Å². The number of aryl methyl sites for hydroxylation is 1. The summed E-state index contributed by atoms with van der Waals surface area (Å²) in [6.45, 7) is 16.5. The zero-order chi connectivity index (χ0) is 16.7. The van der Waals surface area contributed by atoms with E-state index >= 15 is 0 Å². The summed E-state index contributed by atoms with van der Waals surface area (Å²) >= 11 is 0. The molecule has 22 heavy (non-hydrogen) atoms. The summed E-state index contributed by atoms with van der Waals surface area (Å²) in [5, 5.41) is 0. The highest BCUT2D eigenvalue weighted by Gasteiger charge is 2.47. The van der Waals surface area contributed by atoms with Crippen LogP contribution in [-0.4, -0.2) is 21.9 Å². The van der Waals surface area contributed by atoms with Crippen molar-refractivity contribution in [1.82, 2.24) is 0 Å². The van der Waals surface area contributed by atoms with Gasteiger partial charge in [-0.15, -0.1) is 0 Å². The van der Waals surface area contributed by atoms with Crippen molar-refractivity contribution in [3.05, 3.63) is 23.7 Å². The fraction of sp³-hybridized carbons (Fsp3) is 0.722. The Morgan fingerprint density at radius 2 is 1.64 bits per heavy atom. The maximum atomic E-state index is 12.7. The lowest BCUT2D eigenvalue weighted by atomic mass is 9.90. The van der Waals surface area contributed by atoms with Crippen LogP contribution in [0.25, 0.3) is 0 Å². The lowest BCUT2D eigenvalue weighted by molar-refractivity contribution is -0.119. The maximum Gasteiger partial charge on any atom is 0.144 e. The molecule has 1 fully saturated rings. The first-order valence-electron chi connectivity index (χ1n) is 8.55. The second-order valence-corrected chi connectivity index (χ2v) is 20.6. The molecule has 0 unspecified atom stereocenters. The van der Waals surface area contributed by atoms with Crippen molar-refractivity contribution in [3.63, 3.8) is 0 Å². The zero-order valence-corrected chi connectivity index (χ0v) is 17.3. The van der Waals surface area contributed by atoms with Gasteiger partial charge in [0.05, 0.1) is 5.92 Å². The van der Waals surface area contributed by atoms with E-state index in [-0.39, 0.29) is 5.92 Å². The van der Waals surface area contributed by atoms with Gasteiger partial charge in [-0.1, -0.05) is 51.4 Å². The molecule has 1 saturated carbocycles. The molecule has 2 nitrogen and oxygen atoms in total. The van der Waals surface area contributed by atoms with Crippen molar-refractivity contribution in [1.29, 1.82) is 0 Å². The first kappa shape index (κ1) is 17.7. The first-order valence-corrected chi connectivity index (χ1v) is 16.0. The summed E-state index contributed by atoms with van der Waals surface area (Å²) in [5.41, 5.74) is 0. The molecule has 1 aliphatic rings. The van der Waals surface area contributed by atoms with Crippen LogP contribution < -0.4 is 0 Å². The van der Waals surface area contributed by atoms with E-state index in [1.54, 1.807) is 0 Å². The standard InChI is InChI=1S/C18H32O2Si2/c1-13-8-9-17(20-13)18-15(12-22(5,6)7)14(10-16(18)19)11-21(2,3)4/h8-9,14-15,18H,10-12H2,1-7H3/t14-,15+,18-/m1/s1. The zero-order valence-electron chi connectivity index (χ0n) is 15.3. The summed E-state index contributed by atoms with van der Waals surface area (Å²) in [5.74, 6) is 3.34. The van der Waals surface area contributed by atoms with Gasteiger partial charge in [0.1, 0.15) is 17.3 Å². The van der Waals surface area contributed by atoms with Crippen molar-refractivity contribution < 1.29 is 9.21 Å². The van der Waals surface area contributed by atoms with Gasteiger partial charge in [-0.25, -0.2) is 0 Å². The molecule has 3 atom stereocenters. The van der Waals surface area contributed by atoms with Gasteiger partial charge in [-0.2, -0.15) is 0 Å². The molecule has 124 valence electrons. The Labute approximate surface area is 137 Å². The predicted molar refractivity (Wildman–Crippen MR) is 99.1 cm³/mol. The number of hydrogen-bond acceptors (Lipinski definition) is 2. The van der Waals surface area contributed by atoms with Gasteiger partial charge in [-0.05, 0) is 30.9 Å². The van der Waals surface area contributed by atoms with Crippen LogP contribution in [0.1, 0.15) is 23.9 Å². The topological polar surface area (TPSA) is 30.2 Å². The Morgan fingerprint density at radius 3 is 2.09 bits per heavy atom. The molecule has 4 heteroatoms. The van der Waals surface area contributed by atoms with Crippen LogP contribution in [0.15, 0.2) is 16.5 Å². The van der Waals surface area contributed by atoms with E-state index < -0.39 is 16.1 Å². The van der Waals surface area contributed by atoms with Crippen molar-refractivity contribution in [2.45, 2.75) is 70.6 Å². The van der Waals surface area contributed by atoms with Crippen LogP contribution in [0, 0.1) is 18.8 Å². The molecule has 1 aromatic heterocycles. The Balaban J connectivity index is 2.31. The average Bonchev–Trinajstić information content (AvgIpc) is 2.80. The molecular formula is C18H32O2Si2. The van der Waals surface area contributed by atoms with Gasteiger partial charge in [0.25, 0.3) is 0 Å². The van der Waals surface area contributed by atoms with Gasteiger partial charge in [0.15, 0.2) is 0 Å². The molecule has 1 heterocycles. The van der Waals surface area contributed by atoms with E-state index in [9.17, 15) is 4.79 Å². The molecule has 1 aromatic rings. The molecule has 0 saturated heterocycles. The second-order valence-electron chi connectivity index (χ2n) is 9.55. The van der Waals surface area contributed by atoms with Gasteiger partial charge in [0.2, 0.25) is 0 Å². The minimum atomic E-state index is -1.22. The summed E-state index contributed by atoms with van der Waals surface area (Å²) < 4.78 is 5.87. The molecule has 2 rings (SSSR count). The second kappa shape index (κ2) is 6.12. The number of Topliss-reactive ketones (excluding diaryl/α,β-unsaturated/α-hetero) is 1. The van der Waals surface area contributed by atoms with Crippen LogP contribution in [0.4, 0.5) is 0 Å². The Bertz CT molecular complexity index is 534. The van der Waals surface area contributed by atoms with Crippen LogP contribution in [-0.2, 0) is 4.79 Å². The highest BCUT2D eigenvalue weighted by atomic mass is 28.3. The van der Waals surface area contributed by atoms with E-state index in [0.717, 1.165) is 17.9 Å². The van der Waals surface area contributed by atoms with Gasteiger partial charge in [0, 0.05) is 22.6 Å². The lowest BCUT2D eigenvalue weighted by Crippen LogP contribution is -2.32. The molecule has 0 radical (unpaired) electrons. The molecule has 0 N–H and O–H groups in total. The number of ketones is 1. The fourth-order valence-electron chi connectivity index (χ4n) is 4.04. The maximum absolute atomic E-state index is 12.7. The van der Waals surface area contributed by atoms with E-state index in [4.69, 9.17) is 4.42 Å². The third kappa shape index (κ3) is 4.45. The summed E-state index contributed by atoms with van der Waals surface area (Å²) in [6.07, 6.45) is 0.768. The van der Waals surface area contributed by atoms with Crippen LogP contribution in [0.3, 0.4) is 0 Å². The number of carbonyl (C=O) groups is 1. The molecule has 0 spiro atoms. The van der Waals surface area contributed by atoms with E-state index in [0.29, 0.717) is 17.6 Å². The van der Waals surface area contributed by atoms with E-state index in [1.165, 1.54) is 12.1 Å². The summed E-state index contributed by atoms with van der Waals surface area (Å²) in [7, 11) is -2.38. The highest BCUT2D eigenvalue weighted by Crippen LogP contribution is 2.48. The van der Waals surface area contributed by atoms with Crippen LogP contribution in [0.2, 0.25) is 51.4 Å². The van der Waals surface area contributed by atoms with Gasteiger partial charge < -0.3 is 4.42 Å². The first-order chi connectivity index (χ1) is 9.96. The van der Waals surface area contributed by atoms with Crippen LogP contribution in [0.5, 0.6) is 0 Å². The molecule has 0 bridgehead atoms.